The highest BCUT2D eigenvalue weighted by Crippen LogP contribution is 2.18. The largest absolute Gasteiger partial charge is 0.493 e. The van der Waals surface area contributed by atoms with Crippen LogP contribution in [0.4, 0.5) is 0 Å². The lowest BCUT2D eigenvalue weighted by Gasteiger charge is -2.32. The molecule has 2 rings (SSSR count). The summed E-state index contributed by atoms with van der Waals surface area (Å²) in [5.41, 5.74) is 0. The van der Waals surface area contributed by atoms with Gasteiger partial charge in [-0.3, -0.25) is 14.5 Å². The fourth-order valence-electron chi connectivity index (χ4n) is 3.69. The number of benzene rings is 1. The van der Waals surface area contributed by atoms with Gasteiger partial charge < -0.3 is 15.0 Å². The number of para-hydroxylation sites is 1. The van der Waals surface area contributed by atoms with E-state index in [1.165, 1.54) is 0 Å². The summed E-state index contributed by atoms with van der Waals surface area (Å²) >= 11 is 0. The van der Waals surface area contributed by atoms with Crippen molar-refractivity contribution >= 4 is 11.8 Å². The van der Waals surface area contributed by atoms with Crippen LogP contribution in [0.3, 0.4) is 0 Å². The number of amides is 2. The predicted octanol–water partition coefficient (Wildman–Crippen LogP) is 2.54. The van der Waals surface area contributed by atoms with Crippen LogP contribution in [0.25, 0.3) is 0 Å². The fourth-order valence-corrected chi connectivity index (χ4v) is 3.69. The average molecular weight is 390 g/mol. The van der Waals surface area contributed by atoms with E-state index in [0.29, 0.717) is 38.7 Å². The SMILES string of the molecule is CCN(CC)C(C)CNC(=O)C1CCN(C(=O)CCOc2ccccc2)CC1. The van der Waals surface area contributed by atoms with Crippen LogP contribution in [0, 0.1) is 5.92 Å². The van der Waals surface area contributed by atoms with Crippen LogP contribution in [0.15, 0.2) is 30.3 Å². The first-order valence-corrected chi connectivity index (χ1v) is 10.5. The van der Waals surface area contributed by atoms with E-state index in [1.54, 1.807) is 0 Å². The van der Waals surface area contributed by atoms with Crippen molar-refractivity contribution in [3.05, 3.63) is 30.3 Å². The maximum absolute atomic E-state index is 12.5. The number of ether oxygens (including phenoxy) is 1. The van der Waals surface area contributed by atoms with Gasteiger partial charge in [-0.25, -0.2) is 0 Å². The van der Waals surface area contributed by atoms with E-state index in [4.69, 9.17) is 4.74 Å². The Morgan fingerprint density at radius 2 is 1.82 bits per heavy atom. The van der Waals surface area contributed by atoms with E-state index < -0.39 is 0 Å². The van der Waals surface area contributed by atoms with Crippen LogP contribution < -0.4 is 10.1 Å². The zero-order valence-electron chi connectivity index (χ0n) is 17.5. The number of rotatable bonds is 10. The van der Waals surface area contributed by atoms with Crippen LogP contribution in [0.5, 0.6) is 5.75 Å². The van der Waals surface area contributed by atoms with Crippen LogP contribution >= 0.6 is 0 Å². The molecule has 1 atom stereocenters. The average Bonchev–Trinajstić information content (AvgIpc) is 2.73. The smallest absolute Gasteiger partial charge is 0.225 e. The lowest BCUT2D eigenvalue weighted by atomic mass is 9.95. The maximum Gasteiger partial charge on any atom is 0.225 e. The molecule has 28 heavy (non-hydrogen) atoms. The summed E-state index contributed by atoms with van der Waals surface area (Å²) in [6.07, 6.45) is 1.83. The van der Waals surface area contributed by atoms with Crippen molar-refractivity contribution in [2.75, 3.05) is 39.3 Å². The molecule has 1 aromatic rings. The molecule has 1 heterocycles. The molecule has 0 spiro atoms. The van der Waals surface area contributed by atoms with Gasteiger partial charge in [-0.1, -0.05) is 32.0 Å². The van der Waals surface area contributed by atoms with E-state index >= 15 is 0 Å². The molecule has 1 unspecified atom stereocenters. The van der Waals surface area contributed by atoms with Crippen molar-refractivity contribution in [3.63, 3.8) is 0 Å². The Morgan fingerprint density at radius 1 is 1.18 bits per heavy atom. The minimum absolute atomic E-state index is 0.00789. The van der Waals surface area contributed by atoms with Gasteiger partial charge in [0.05, 0.1) is 13.0 Å². The summed E-state index contributed by atoms with van der Waals surface area (Å²) in [4.78, 5) is 29.0. The van der Waals surface area contributed by atoms with Crippen molar-refractivity contribution in [2.45, 2.75) is 46.1 Å². The molecule has 0 aromatic heterocycles. The molecule has 0 aliphatic carbocycles. The van der Waals surface area contributed by atoms with Crippen molar-refractivity contribution in [2.24, 2.45) is 5.92 Å². The van der Waals surface area contributed by atoms with E-state index in [-0.39, 0.29) is 17.7 Å². The van der Waals surface area contributed by atoms with Gasteiger partial charge in [0.25, 0.3) is 0 Å². The van der Waals surface area contributed by atoms with Gasteiger partial charge in [0, 0.05) is 31.6 Å². The van der Waals surface area contributed by atoms with Crippen LogP contribution in [-0.2, 0) is 9.59 Å². The summed E-state index contributed by atoms with van der Waals surface area (Å²) in [7, 11) is 0. The first-order valence-electron chi connectivity index (χ1n) is 10.5. The standard InChI is InChI=1S/C22H35N3O3/c1-4-24(5-2)18(3)17-23-22(27)19-11-14-25(15-12-19)21(26)13-16-28-20-9-7-6-8-10-20/h6-10,18-19H,4-5,11-17H2,1-3H3,(H,23,27). The topological polar surface area (TPSA) is 61.9 Å². The Labute approximate surface area is 169 Å². The van der Waals surface area contributed by atoms with Crippen LogP contribution in [0.1, 0.15) is 40.0 Å². The zero-order valence-corrected chi connectivity index (χ0v) is 17.5. The molecule has 1 saturated heterocycles. The predicted molar refractivity (Wildman–Crippen MR) is 111 cm³/mol. The van der Waals surface area contributed by atoms with Gasteiger partial charge >= 0.3 is 0 Å². The second-order valence-corrected chi connectivity index (χ2v) is 7.38. The van der Waals surface area contributed by atoms with Crippen LogP contribution in [0.2, 0.25) is 0 Å². The van der Waals surface area contributed by atoms with E-state index in [2.05, 4.69) is 31.0 Å². The number of carbonyl (C=O) groups excluding carboxylic acids is 2. The number of likely N-dealkylation sites (tertiary alicyclic amines) is 1. The number of nitrogens with zero attached hydrogens (tertiary/aromatic N) is 2. The molecular weight excluding hydrogens is 354 g/mol. The highest BCUT2D eigenvalue weighted by Gasteiger charge is 2.27. The van der Waals surface area contributed by atoms with Gasteiger partial charge in [-0.2, -0.15) is 0 Å². The van der Waals surface area contributed by atoms with Gasteiger partial charge in [0.15, 0.2) is 0 Å². The number of hydrogen-bond donors (Lipinski definition) is 1. The zero-order chi connectivity index (χ0) is 20.4. The van der Waals surface area contributed by atoms with Crippen LogP contribution in [-0.4, -0.2) is 67.0 Å². The molecule has 0 bridgehead atoms. The third-order valence-corrected chi connectivity index (χ3v) is 5.55. The summed E-state index contributed by atoms with van der Waals surface area (Å²) in [6, 6.07) is 9.87. The molecule has 6 nitrogen and oxygen atoms in total. The Bertz CT molecular complexity index is 596. The summed E-state index contributed by atoms with van der Waals surface area (Å²) in [5, 5.41) is 3.09. The normalized spacial score (nSPS) is 16.1. The first-order chi connectivity index (χ1) is 13.5. The molecule has 0 saturated carbocycles. The van der Waals surface area contributed by atoms with Crippen molar-refractivity contribution in [1.82, 2.24) is 15.1 Å². The summed E-state index contributed by atoms with van der Waals surface area (Å²) in [5.74, 6) is 1.02. The fraction of sp³-hybridized carbons (Fsp3) is 0.636. The molecule has 1 aliphatic rings. The van der Waals surface area contributed by atoms with E-state index in [0.717, 1.165) is 31.7 Å². The summed E-state index contributed by atoms with van der Waals surface area (Å²) in [6.45, 7) is 10.7. The molecule has 156 valence electrons. The Morgan fingerprint density at radius 3 is 2.43 bits per heavy atom. The third kappa shape index (κ3) is 6.82. The lowest BCUT2D eigenvalue weighted by Crippen LogP contribution is -2.46. The number of piperidine rings is 1. The van der Waals surface area contributed by atoms with Gasteiger partial charge in [-0.05, 0) is 45.0 Å². The molecule has 0 radical (unpaired) electrons. The number of hydrogen-bond acceptors (Lipinski definition) is 4. The van der Waals surface area contributed by atoms with Gasteiger partial charge in [-0.15, -0.1) is 0 Å². The van der Waals surface area contributed by atoms with Crippen molar-refractivity contribution in [3.8, 4) is 5.75 Å². The molecule has 6 heteroatoms. The second kappa shape index (κ2) is 11.7. The first kappa shape index (κ1) is 22.2. The lowest BCUT2D eigenvalue weighted by molar-refractivity contribution is -0.136. The quantitative estimate of drug-likeness (QED) is 0.668. The third-order valence-electron chi connectivity index (χ3n) is 5.55. The van der Waals surface area contributed by atoms with Gasteiger partial charge in [0.1, 0.15) is 5.75 Å². The summed E-state index contributed by atoms with van der Waals surface area (Å²) < 4.78 is 5.60. The van der Waals surface area contributed by atoms with Crippen molar-refractivity contribution < 1.29 is 14.3 Å². The molecule has 1 N–H and O–H groups in total. The monoisotopic (exact) mass is 389 g/mol. The van der Waals surface area contributed by atoms with Crippen molar-refractivity contribution in [1.29, 1.82) is 0 Å². The molecule has 1 aliphatic heterocycles. The molecule has 1 aromatic carbocycles. The minimum Gasteiger partial charge on any atom is -0.493 e. The minimum atomic E-state index is 0.00789. The number of likely N-dealkylation sites (N-methyl/N-ethyl adjacent to an activating group) is 1. The number of nitrogens with one attached hydrogen (secondary N) is 1. The highest BCUT2D eigenvalue weighted by atomic mass is 16.5. The molecule has 2 amide bonds. The highest BCUT2D eigenvalue weighted by molar-refractivity contribution is 5.80. The Kier molecular flexibility index (Phi) is 9.28. The molecule has 1 fully saturated rings. The van der Waals surface area contributed by atoms with Gasteiger partial charge in [0.2, 0.25) is 11.8 Å². The Hall–Kier alpha value is -2.08. The van der Waals surface area contributed by atoms with E-state index in [1.807, 2.05) is 35.2 Å². The number of carbonyl (C=O) groups is 2. The van der Waals surface area contributed by atoms with E-state index in [9.17, 15) is 9.59 Å². The Balaban J connectivity index is 1.65. The second-order valence-electron chi connectivity index (χ2n) is 7.38. The maximum atomic E-state index is 12.5. The molecular formula is C22H35N3O3.